The number of thiocarbonyl (C=S) groups is 1. The number of nitrogens with zero attached hydrogens (tertiary/aromatic N) is 3. The van der Waals surface area contributed by atoms with Crippen molar-refractivity contribution in [2.24, 2.45) is 5.92 Å². The summed E-state index contributed by atoms with van der Waals surface area (Å²) in [7, 11) is 0. The number of carbonyl (C=O) groups is 2. The second kappa shape index (κ2) is 9.68. The average Bonchev–Trinajstić information content (AvgIpc) is 3.30. The predicted octanol–water partition coefficient (Wildman–Crippen LogP) is 6.07. The fourth-order valence-corrected chi connectivity index (χ4v) is 6.11. The van der Waals surface area contributed by atoms with Gasteiger partial charge in [0.2, 0.25) is 5.91 Å². The van der Waals surface area contributed by atoms with Crippen LogP contribution in [-0.4, -0.2) is 38.7 Å². The number of halogens is 1. The molecule has 1 aromatic heterocycles. The first-order valence-corrected chi connectivity index (χ1v) is 13.3. The van der Waals surface area contributed by atoms with Crippen molar-refractivity contribution in [3.8, 4) is 0 Å². The minimum Gasteiger partial charge on any atom is -0.341 e. The Kier molecular flexibility index (Phi) is 6.64. The van der Waals surface area contributed by atoms with Crippen molar-refractivity contribution in [2.45, 2.75) is 26.3 Å². The van der Waals surface area contributed by atoms with Crippen molar-refractivity contribution in [1.82, 2.24) is 9.47 Å². The van der Waals surface area contributed by atoms with Crippen molar-refractivity contribution in [1.29, 1.82) is 0 Å². The molecular weight excluding hydrogens is 530 g/mol. The molecule has 2 amide bonds. The molecule has 0 aliphatic carbocycles. The molecular formula is C26H24BrN3O2S2. The van der Waals surface area contributed by atoms with Gasteiger partial charge in [-0.05, 0) is 55.2 Å². The lowest BCUT2D eigenvalue weighted by molar-refractivity contribution is -0.133. The second-order valence-electron chi connectivity index (χ2n) is 8.79. The molecule has 3 heterocycles. The number of fused-ring (bicyclic) bond motifs is 1. The quantitative estimate of drug-likeness (QED) is 0.290. The molecule has 174 valence electrons. The third-order valence-corrected chi connectivity index (χ3v) is 8.21. The van der Waals surface area contributed by atoms with Gasteiger partial charge in [-0.2, -0.15) is 0 Å². The van der Waals surface area contributed by atoms with Gasteiger partial charge < -0.3 is 9.47 Å². The van der Waals surface area contributed by atoms with E-state index in [1.165, 1.54) is 11.8 Å². The van der Waals surface area contributed by atoms with Crippen molar-refractivity contribution in [2.75, 3.05) is 18.0 Å². The molecule has 8 heteroatoms. The van der Waals surface area contributed by atoms with Crippen LogP contribution in [0.5, 0.6) is 0 Å². The van der Waals surface area contributed by atoms with Crippen LogP contribution in [0.1, 0.15) is 25.3 Å². The van der Waals surface area contributed by atoms with Crippen molar-refractivity contribution >= 4 is 78.7 Å². The Labute approximate surface area is 216 Å². The molecule has 2 saturated heterocycles. The molecule has 0 atom stereocenters. The number of aromatic nitrogens is 1. The van der Waals surface area contributed by atoms with Gasteiger partial charge in [0.25, 0.3) is 5.91 Å². The first-order valence-electron chi connectivity index (χ1n) is 11.3. The molecule has 0 unspecified atom stereocenters. The lowest BCUT2D eigenvalue weighted by Crippen LogP contribution is -2.39. The van der Waals surface area contributed by atoms with Gasteiger partial charge in [0.05, 0.1) is 10.6 Å². The average molecular weight is 555 g/mol. The zero-order valence-electron chi connectivity index (χ0n) is 18.7. The van der Waals surface area contributed by atoms with E-state index in [2.05, 4.69) is 22.9 Å². The molecule has 34 heavy (non-hydrogen) atoms. The summed E-state index contributed by atoms with van der Waals surface area (Å²) in [5.41, 5.74) is 2.62. The first-order chi connectivity index (χ1) is 16.4. The van der Waals surface area contributed by atoms with Gasteiger partial charge in [-0.3, -0.25) is 14.5 Å². The van der Waals surface area contributed by atoms with Gasteiger partial charge in [-0.25, -0.2) is 0 Å². The summed E-state index contributed by atoms with van der Waals surface area (Å²) in [6.45, 7) is 4.16. The maximum absolute atomic E-state index is 13.2. The molecule has 2 aliphatic heterocycles. The number of anilines is 1. The van der Waals surface area contributed by atoms with E-state index < -0.39 is 0 Å². The number of likely N-dealkylation sites (tertiary alicyclic amines) is 1. The summed E-state index contributed by atoms with van der Waals surface area (Å²) in [6, 6.07) is 15.5. The fourth-order valence-electron chi connectivity index (χ4n) is 4.46. The van der Waals surface area contributed by atoms with Crippen LogP contribution in [0.4, 0.5) is 5.69 Å². The Bertz CT molecular complexity index is 1310. The van der Waals surface area contributed by atoms with Crippen LogP contribution >= 0.6 is 39.9 Å². The van der Waals surface area contributed by atoms with Crippen molar-refractivity contribution in [3.63, 3.8) is 0 Å². The zero-order valence-corrected chi connectivity index (χ0v) is 22.0. The smallest absolute Gasteiger partial charge is 0.270 e. The molecule has 0 spiro atoms. The molecule has 2 fully saturated rings. The summed E-state index contributed by atoms with van der Waals surface area (Å²) in [6.07, 6.45) is 5.97. The van der Waals surface area contributed by atoms with Gasteiger partial charge in [0, 0.05) is 40.2 Å². The second-order valence-corrected chi connectivity index (χ2v) is 11.4. The summed E-state index contributed by atoms with van der Waals surface area (Å²) < 4.78 is 3.45. The van der Waals surface area contributed by atoms with E-state index in [4.69, 9.17) is 12.2 Å². The molecule has 5 rings (SSSR count). The van der Waals surface area contributed by atoms with Crippen molar-refractivity contribution in [3.05, 3.63) is 69.7 Å². The summed E-state index contributed by atoms with van der Waals surface area (Å²) in [4.78, 5) is 30.4. The fraction of sp³-hybridized carbons (Fsp3) is 0.269. The number of piperidine rings is 1. The highest BCUT2D eigenvalue weighted by molar-refractivity contribution is 9.10. The van der Waals surface area contributed by atoms with E-state index in [-0.39, 0.29) is 18.4 Å². The van der Waals surface area contributed by atoms with Gasteiger partial charge in [0.15, 0.2) is 4.32 Å². The van der Waals surface area contributed by atoms with E-state index in [0.29, 0.717) is 15.1 Å². The monoisotopic (exact) mass is 553 g/mol. The van der Waals surface area contributed by atoms with Gasteiger partial charge >= 0.3 is 0 Å². The van der Waals surface area contributed by atoms with E-state index in [1.54, 1.807) is 4.90 Å². The lowest BCUT2D eigenvalue weighted by atomic mass is 9.99. The Morgan fingerprint density at radius 2 is 1.91 bits per heavy atom. The number of carbonyl (C=O) groups excluding carboxylic acids is 2. The molecule has 2 aromatic carbocycles. The number of hydrogen-bond acceptors (Lipinski definition) is 4. The third-order valence-electron chi connectivity index (χ3n) is 6.41. The highest BCUT2D eigenvalue weighted by atomic mass is 79.9. The van der Waals surface area contributed by atoms with Crippen LogP contribution in [-0.2, 0) is 16.1 Å². The third kappa shape index (κ3) is 4.59. The maximum Gasteiger partial charge on any atom is 0.270 e. The van der Waals surface area contributed by atoms with Crippen LogP contribution in [0.15, 0.2) is 64.1 Å². The molecule has 2 aliphatic rings. The topological polar surface area (TPSA) is 45.6 Å². The number of thioether (sulfide) groups is 1. The molecule has 0 bridgehead atoms. The van der Waals surface area contributed by atoms with Crippen LogP contribution in [0.3, 0.4) is 0 Å². The standard InChI is InChI=1S/C26H24BrN3O2S2/c1-17-9-11-28(12-10-17)24(31)16-29-15-18(21-14-19(27)7-8-22(21)29)13-23-25(32)30(26(33)34-23)20-5-3-2-4-6-20/h2-8,13-15,17H,9-12,16H2,1H3/b23-13-. The molecule has 3 aromatic rings. The van der Waals surface area contributed by atoms with E-state index in [1.807, 2.05) is 70.3 Å². The van der Waals surface area contributed by atoms with Gasteiger partial charge in [-0.1, -0.05) is 65.0 Å². The number of hydrogen-bond donors (Lipinski definition) is 0. The summed E-state index contributed by atoms with van der Waals surface area (Å²) in [5.74, 6) is 0.680. The van der Waals surface area contributed by atoms with E-state index in [9.17, 15) is 9.59 Å². The molecule has 5 nitrogen and oxygen atoms in total. The van der Waals surface area contributed by atoms with Crippen molar-refractivity contribution < 1.29 is 9.59 Å². The minimum atomic E-state index is -0.129. The summed E-state index contributed by atoms with van der Waals surface area (Å²) >= 11 is 10.4. The van der Waals surface area contributed by atoms with E-state index in [0.717, 1.165) is 52.6 Å². The SMILES string of the molecule is CC1CCN(C(=O)Cn2cc(/C=C3\SC(=S)N(c4ccccc4)C3=O)c3cc(Br)ccc32)CC1. The zero-order chi connectivity index (χ0) is 23.8. The molecule has 0 N–H and O–H groups in total. The Morgan fingerprint density at radius 3 is 2.65 bits per heavy atom. The predicted molar refractivity (Wildman–Crippen MR) is 147 cm³/mol. The van der Waals surface area contributed by atoms with Crippen LogP contribution in [0.2, 0.25) is 0 Å². The van der Waals surface area contributed by atoms with Crippen LogP contribution in [0, 0.1) is 5.92 Å². The highest BCUT2D eigenvalue weighted by Crippen LogP contribution is 2.37. The molecule has 0 radical (unpaired) electrons. The van der Waals surface area contributed by atoms with Gasteiger partial charge in [-0.15, -0.1) is 0 Å². The maximum atomic E-state index is 13.2. The Morgan fingerprint density at radius 1 is 1.18 bits per heavy atom. The minimum absolute atomic E-state index is 0.129. The molecule has 0 saturated carbocycles. The number of para-hydroxylation sites is 1. The number of amides is 2. The van der Waals surface area contributed by atoms with Crippen LogP contribution in [0.25, 0.3) is 17.0 Å². The largest absolute Gasteiger partial charge is 0.341 e. The normalized spacial score (nSPS) is 18.5. The Balaban J connectivity index is 1.46. The highest BCUT2D eigenvalue weighted by Gasteiger charge is 2.33. The van der Waals surface area contributed by atoms with E-state index >= 15 is 0 Å². The first kappa shape index (κ1) is 23.3. The Hall–Kier alpha value is -2.42. The number of benzene rings is 2. The lowest BCUT2D eigenvalue weighted by Gasteiger charge is -2.30. The summed E-state index contributed by atoms with van der Waals surface area (Å²) in [5, 5.41) is 0.986. The van der Waals surface area contributed by atoms with Crippen LogP contribution < -0.4 is 4.90 Å². The van der Waals surface area contributed by atoms with Gasteiger partial charge in [0.1, 0.15) is 6.54 Å². The number of rotatable bonds is 4.